The summed E-state index contributed by atoms with van der Waals surface area (Å²) in [4.78, 5) is 18.4. The summed E-state index contributed by atoms with van der Waals surface area (Å²) in [7, 11) is 3.29. The summed E-state index contributed by atoms with van der Waals surface area (Å²) in [5, 5.41) is 3.31. The number of carbonyl (C=O) groups excluding carboxylic acids is 1. The summed E-state index contributed by atoms with van der Waals surface area (Å²) in [6.45, 7) is 8.31. The van der Waals surface area contributed by atoms with Crippen LogP contribution in [-0.2, 0) is 17.8 Å². The largest absolute Gasteiger partial charge is 0.493 e. The fourth-order valence-electron chi connectivity index (χ4n) is 2.84. The van der Waals surface area contributed by atoms with Gasteiger partial charge in [0.2, 0.25) is 5.91 Å². The van der Waals surface area contributed by atoms with E-state index < -0.39 is 5.41 Å². The Morgan fingerprint density at radius 3 is 2.37 bits per heavy atom. The molecule has 1 heterocycles. The van der Waals surface area contributed by atoms with Crippen molar-refractivity contribution in [3.05, 3.63) is 23.3 Å². The highest BCUT2D eigenvalue weighted by atomic mass is 127. The van der Waals surface area contributed by atoms with E-state index in [-0.39, 0.29) is 29.9 Å². The van der Waals surface area contributed by atoms with Crippen molar-refractivity contribution in [2.24, 2.45) is 16.1 Å². The highest BCUT2D eigenvalue weighted by Crippen LogP contribution is 2.33. The monoisotopic (exact) mass is 490 g/mol. The number of primary amides is 1. The molecule has 2 rings (SSSR count). The van der Waals surface area contributed by atoms with Crippen molar-refractivity contribution < 1.29 is 14.3 Å². The Hall–Kier alpha value is -1.71. The maximum absolute atomic E-state index is 11.6. The quantitative estimate of drug-likeness (QED) is 0.363. The summed E-state index contributed by atoms with van der Waals surface area (Å²) in [5.41, 5.74) is 7.23. The smallest absolute Gasteiger partial charge is 0.224 e. The van der Waals surface area contributed by atoms with Crippen molar-refractivity contribution in [1.82, 2.24) is 10.2 Å². The van der Waals surface area contributed by atoms with Crippen LogP contribution in [0.1, 0.15) is 31.9 Å². The van der Waals surface area contributed by atoms with E-state index in [0.29, 0.717) is 6.54 Å². The number of ether oxygens (including phenoxy) is 2. The lowest BCUT2D eigenvalue weighted by molar-refractivity contribution is -0.125. The standard InChI is InChI=1S/C19H30N4O3.HI/c1-6-21-18(22-12-19(2,3)17(20)24)23-8-7-13-9-15(25-4)16(26-5)10-14(13)11-23;/h9-10H,6-8,11-12H2,1-5H3,(H2,20,24)(H,21,22);1H. The summed E-state index contributed by atoms with van der Waals surface area (Å²) in [6, 6.07) is 4.07. The minimum Gasteiger partial charge on any atom is -0.493 e. The number of nitrogens with two attached hydrogens (primary N) is 1. The first-order chi connectivity index (χ1) is 12.3. The molecule has 152 valence electrons. The van der Waals surface area contributed by atoms with Gasteiger partial charge >= 0.3 is 0 Å². The SMILES string of the molecule is CCNC(=NCC(C)(C)C(N)=O)N1CCc2cc(OC)c(OC)cc2C1.I. The zero-order valence-corrected chi connectivity index (χ0v) is 19.1. The fraction of sp³-hybridized carbons (Fsp3) is 0.579. The van der Waals surface area contributed by atoms with E-state index in [1.165, 1.54) is 11.1 Å². The number of methoxy groups -OCH3 is 2. The zero-order chi connectivity index (χ0) is 19.3. The fourth-order valence-corrected chi connectivity index (χ4v) is 2.84. The Morgan fingerprint density at radius 2 is 1.85 bits per heavy atom. The second-order valence-corrected chi connectivity index (χ2v) is 7.07. The van der Waals surface area contributed by atoms with Gasteiger partial charge in [0.05, 0.1) is 26.2 Å². The molecule has 0 bridgehead atoms. The molecule has 3 N–H and O–H groups in total. The molecule has 1 aromatic carbocycles. The van der Waals surface area contributed by atoms with Gasteiger partial charge in [-0.15, -0.1) is 24.0 Å². The normalized spacial score (nSPS) is 14.1. The van der Waals surface area contributed by atoms with Crippen LogP contribution in [0.4, 0.5) is 0 Å². The number of aliphatic imine (C=N–C) groups is 1. The molecule has 1 amide bonds. The van der Waals surface area contributed by atoms with Gasteiger partial charge in [-0.1, -0.05) is 0 Å². The number of guanidine groups is 1. The predicted octanol–water partition coefficient (Wildman–Crippen LogP) is 2.16. The van der Waals surface area contributed by atoms with Crippen LogP contribution in [0.3, 0.4) is 0 Å². The van der Waals surface area contributed by atoms with Crippen molar-refractivity contribution in [3.8, 4) is 11.5 Å². The van der Waals surface area contributed by atoms with Gasteiger partial charge in [0.1, 0.15) is 0 Å². The van der Waals surface area contributed by atoms with Gasteiger partial charge in [-0.3, -0.25) is 9.79 Å². The number of hydrogen-bond acceptors (Lipinski definition) is 4. The van der Waals surface area contributed by atoms with E-state index in [0.717, 1.165) is 43.5 Å². The molecule has 1 aromatic rings. The van der Waals surface area contributed by atoms with Crippen LogP contribution in [-0.4, -0.2) is 50.6 Å². The molecule has 0 saturated carbocycles. The van der Waals surface area contributed by atoms with Crippen LogP contribution in [0.15, 0.2) is 17.1 Å². The van der Waals surface area contributed by atoms with E-state index >= 15 is 0 Å². The summed E-state index contributed by atoms with van der Waals surface area (Å²) in [6.07, 6.45) is 0.888. The second-order valence-electron chi connectivity index (χ2n) is 7.07. The van der Waals surface area contributed by atoms with Crippen molar-refractivity contribution in [2.45, 2.75) is 33.7 Å². The number of carbonyl (C=O) groups is 1. The van der Waals surface area contributed by atoms with E-state index in [1.807, 2.05) is 32.9 Å². The third-order valence-electron chi connectivity index (χ3n) is 4.64. The Morgan fingerprint density at radius 1 is 1.26 bits per heavy atom. The second kappa shape index (κ2) is 10.0. The molecule has 1 aliphatic rings. The third kappa shape index (κ3) is 5.63. The number of fused-ring (bicyclic) bond motifs is 1. The highest BCUT2D eigenvalue weighted by Gasteiger charge is 2.26. The van der Waals surface area contributed by atoms with Crippen LogP contribution < -0.4 is 20.5 Å². The average Bonchev–Trinajstić information content (AvgIpc) is 2.63. The van der Waals surface area contributed by atoms with Gasteiger partial charge in [0.15, 0.2) is 17.5 Å². The van der Waals surface area contributed by atoms with Gasteiger partial charge in [0.25, 0.3) is 0 Å². The zero-order valence-electron chi connectivity index (χ0n) is 16.8. The van der Waals surface area contributed by atoms with E-state index in [9.17, 15) is 4.79 Å². The maximum atomic E-state index is 11.6. The molecule has 0 atom stereocenters. The van der Waals surface area contributed by atoms with Crippen molar-refractivity contribution in [1.29, 1.82) is 0 Å². The molecule has 0 unspecified atom stereocenters. The summed E-state index contributed by atoms with van der Waals surface area (Å²) >= 11 is 0. The van der Waals surface area contributed by atoms with Crippen LogP contribution in [0, 0.1) is 5.41 Å². The Labute approximate surface area is 178 Å². The van der Waals surface area contributed by atoms with Gasteiger partial charge in [-0.05, 0) is 50.5 Å². The van der Waals surface area contributed by atoms with E-state index in [1.54, 1.807) is 14.2 Å². The number of rotatable bonds is 6. The van der Waals surface area contributed by atoms with E-state index in [4.69, 9.17) is 15.2 Å². The number of nitrogens with zero attached hydrogens (tertiary/aromatic N) is 2. The first-order valence-electron chi connectivity index (χ1n) is 8.89. The lowest BCUT2D eigenvalue weighted by Gasteiger charge is -2.32. The molecule has 8 heteroatoms. The molecule has 7 nitrogen and oxygen atoms in total. The van der Waals surface area contributed by atoms with Gasteiger partial charge in [0, 0.05) is 19.6 Å². The van der Waals surface area contributed by atoms with Crippen molar-refractivity contribution in [3.63, 3.8) is 0 Å². The average molecular weight is 490 g/mol. The minimum atomic E-state index is -0.676. The first-order valence-corrected chi connectivity index (χ1v) is 8.89. The molecule has 27 heavy (non-hydrogen) atoms. The molecule has 0 aliphatic carbocycles. The summed E-state index contributed by atoms with van der Waals surface area (Å²) < 4.78 is 10.8. The number of nitrogens with one attached hydrogen (secondary N) is 1. The van der Waals surface area contributed by atoms with Crippen molar-refractivity contribution in [2.75, 3.05) is 33.9 Å². The molecule has 0 fully saturated rings. The molecule has 1 aliphatic heterocycles. The third-order valence-corrected chi connectivity index (χ3v) is 4.64. The van der Waals surface area contributed by atoms with Crippen LogP contribution in [0.25, 0.3) is 0 Å². The summed E-state index contributed by atoms with van der Waals surface area (Å²) in [5.74, 6) is 1.92. The van der Waals surface area contributed by atoms with Crippen molar-refractivity contribution >= 4 is 35.8 Å². The van der Waals surface area contributed by atoms with Gasteiger partial charge in [-0.25, -0.2) is 0 Å². The van der Waals surface area contributed by atoms with Crippen LogP contribution in [0.2, 0.25) is 0 Å². The molecule has 0 aromatic heterocycles. The number of halogens is 1. The number of amides is 1. The molecule has 0 radical (unpaired) electrons. The number of benzene rings is 1. The molecular formula is C19H31IN4O3. The highest BCUT2D eigenvalue weighted by molar-refractivity contribution is 14.0. The topological polar surface area (TPSA) is 89.2 Å². The van der Waals surface area contributed by atoms with Crippen LogP contribution in [0.5, 0.6) is 11.5 Å². The predicted molar refractivity (Wildman–Crippen MR) is 118 cm³/mol. The molecule has 0 spiro atoms. The number of hydrogen-bond donors (Lipinski definition) is 2. The maximum Gasteiger partial charge on any atom is 0.224 e. The Kier molecular flexibility index (Phi) is 8.64. The van der Waals surface area contributed by atoms with E-state index in [2.05, 4.69) is 15.2 Å². The Balaban J connectivity index is 0.00000364. The minimum absolute atomic E-state index is 0. The van der Waals surface area contributed by atoms with Crippen LogP contribution >= 0.6 is 24.0 Å². The lowest BCUT2D eigenvalue weighted by atomic mass is 9.93. The molecular weight excluding hydrogens is 459 g/mol. The Bertz CT molecular complexity index is 692. The molecule has 0 saturated heterocycles. The van der Waals surface area contributed by atoms with Gasteiger partial charge < -0.3 is 25.4 Å². The first kappa shape index (κ1) is 23.3. The van der Waals surface area contributed by atoms with Gasteiger partial charge in [-0.2, -0.15) is 0 Å². The lowest BCUT2D eigenvalue weighted by Crippen LogP contribution is -2.45.